The largest absolute Gasteiger partial charge is 0.350 e. The van der Waals surface area contributed by atoms with Crippen LogP contribution >= 0.6 is 0 Å². The van der Waals surface area contributed by atoms with E-state index in [0.717, 1.165) is 53.8 Å². The number of hydrogen-bond acceptors (Lipinski definition) is 4. The molecule has 1 unspecified atom stereocenters. The molecule has 2 aliphatic heterocycles. The normalized spacial score (nSPS) is 18.6. The van der Waals surface area contributed by atoms with E-state index >= 15 is 0 Å². The number of aryl methyl sites for hydroxylation is 1. The summed E-state index contributed by atoms with van der Waals surface area (Å²) in [7, 11) is 1.97. The number of imide groups is 1. The van der Waals surface area contributed by atoms with Crippen LogP contribution in [0.25, 0.3) is 16.5 Å². The minimum atomic E-state index is -0.384. The summed E-state index contributed by atoms with van der Waals surface area (Å²) in [5.41, 5.74) is 4.67. The van der Waals surface area contributed by atoms with Crippen LogP contribution in [0.1, 0.15) is 17.7 Å². The fourth-order valence-electron chi connectivity index (χ4n) is 4.73. The minimum absolute atomic E-state index is 0.320. The van der Waals surface area contributed by atoms with Gasteiger partial charge in [-0.15, -0.1) is 0 Å². The van der Waals surface area contributed by atoms with E-state index < -0.39 is 0 Å². The van der Waals surface area contributed by atoms with Crippen molar-refractivity contribution in [1.29, 1.82) is 0 Å². The highest BCUT2D eigenvalue weighted by atomic mass is 16.2. The summed E-state index contributed by atoms with van der Waals surface area (Å²) in [6, 6.07) is 17.6. The maximum atomic E-state index is 13.0. The first kappa shape index (κ1) is 18.6. The lowest BCUT2D eigenvalue weighted by atomic mass is 9.91. The van der Waals surface area contributed by atoms with Gasteiger partial charge in [-0.05, 0) is 50.6 Å². The summed E-state index contributed by atoms with van der Waals surface area (Å²) < 4.78 is 2.32. The van der Waals surface area contributed by atoms with Crippen molar-refractivity contribution in [2.24, 2.45) is 5.92 Å². The zero-order valence-corrected chi connectivity index (χ0v) is 16.9. The van der Waals surface area contributed by atoms with Gasteiger partial charge in [-0.25, -0.2) is 0 Å². The molecule has 0 fully saturated rings. The third-order valence-electron chi connectivity index (χ3n) is 6.04. The summed E-state index contributed by atoms with van der Waals surface area (Å²) in [6.07, 6.45) is 1.96. The molecule has 3 N–H and O–H groups in total. The van der Waals surface area contributed by atoms with E-state index in [1.807, 2.05) is 55.6 Å². The van der Waals surface area contributed by atoms with Gasteiger partial charge in [0.05, 0.1) is 5.57 Å². The lowest BCUT2D eigenvalue weighted by molar-refractivity contribution is -0.123. The summed E-state index contributed by atoms with van der Waals surface area (Å²) in [6.45, 7) is 1.84. The molecule has 0 saturated carbocycles. The van der Waals surface area contributed by atoms with Crippen LogP contribution in [-0.2, 0) is 22.6 Å². The first-order valence-corrected chi connectivity index (χ1v) is 10.3. The van der Waals surface area contributed by atoms with Gasteiger partial charge >= 0.3 is 0 Å². The van der Waals surface area contributed by atoms with Crippen molar-refractivity contribution in [2.75, 3.05) is 18.9 Å². The maximum absolute atomic E-state index is 13.0. The Bertz CT molecular complexity index is 1180. The zero-order valence-electron chi connectivity index (χ0n) is 16.9. The number of carbonyl (C=O) groups excluding carboxylic acids is 2. The fraction of sp³-hybridized carbons (Fsp3) is 0.250. The first-order chi connectivity index (χ1) is 14.7. The molecule has 0 aliphatic carbocycles. The number of anilines is 1. The van der Waals surface area contributed by atoms with Crippen molar-refractivity contribution >= 4 is 34.0 Å². The van der Waals surface area contributed by atoms with E-state index in [1.165, 1.54) is 0 Å². The Labute approximate surface area is 175 Å². The highest BCUT2D eigenvalue weighted by molar-refractivity contribution is 6.38. The lowest BCUT2D eigenvalue weighted by Gasteiger charge is -2.25. The van der Waals surface area contributed by atoms with Gasteiger partial charge in [0.1, 0.15) is 5.70 Å². The molecule has 152 valence electrons. The Morgan fingerprint density at radius 2 is 1.80 bits per heavy atom. The van der Waals surface area contributed by atoms with E-state index in [1.54, 1.807) is 0 Å². The highest BCUT2D eigenvalue weighted by Crippen LogP contribution is 2.39. The van der Waals surface area contributed by atoms with Crippen LogP contribution in [0.5, 0.6) is 0 Å². The van der Waals surface area contributed by atoms with Crippen molar-refractivity contribution in [1.82, 2.24) is 15.2 Å². The second-order valence-corrected chi connectivity index (χ2v) is 7.93. The Morgan fingerprint density at radius 3 is 2.60 bits per heavy atom. The van der Waals surface area contributed by atoms with Crippen molar-refractivity contribution in [2.45, 2.75) is 19.4 Å². The maximum Gasteiger partial charge on any atom is 0.275 e. The molecule has 6 heteroatoms. The van der Waals surface area contributed by atoms with Gasteiger partial charge in [0.15, 0.2) is 0 Å². The van der Waals surface area contributed by atoms with Gasteiger partial charge in [0.2, 0.25) is 0 Å². The number of para-hydroxylation sites is 2. The first-order valence-electron chi connectivity index (χ1n) is 10.3. The third kappa shape index (κ3) is 3.00. The Kier molecular flexibility index (Phi) is 4.64. The molecule has 0 saturated heterocycles. The predicted molar refractivity (Wildman–Crippen MR) is 118 cm³/mol. The average Bonchev–Trinajstić information content (AvgIpc) is 3.22. The Morgan fingerprint density at radius 1 is 1.03 bits per heavy atom. The quantitative estimate of drug-likeness (QED) is 0.576. The zero-order chi connectivity index (χ0) is 20.7. The fourth-order valence-corrected chi connectivity index (χ4v) is 4.73. The number of fused-ring (bicyclic) bond motifs is 3. The molecular formula is C24H24N4O2. The molecule has 1 atom stereocenters. The van der Waals surface area contributed by atoms with Gasteiger partial charge in [0.25, 0.3) is 11.8 Å². The van der Waals surface area contributed by atoms with Crippen molar-refractivity contribution in [3.8, 4) is 0 Å². The monoisotopic (exact) mass is 400 g/mol. The summed E-state index contributed by atoms with van der Waals surface area (Å²) in [5.74, 6) is -0.226. The van der Waals surface area contributed by atoms with Crippen LogP contribution in [0.2, 0.25) is 0 Å². The number of aromatic nitrogens is 1. The van der Waals surface area contributed by atoms with Crippen molar-refractivity contribution in [3.63, 3.8) is 0 Å². The molecule has 1 aromatic heterocycles. The molecule has 30 heavy (non-hydrogen) atoms. The van der Waals surface area contributed by atoms with Gasteiger partial charge in [-0.1, -0.05) is 36.4 Å². The molecule has 2 aromatic carbocycles. The SMILES string of the molecule is CNCC1CCn2c(c(C3=C(Nc4ccccc4)C(=O)NC3=O)c3ccccc32)C1. The molecule has 0 spiro atoms. The third-order valence-corrected chi connectivity index (χ3v) is 6.04. The smallest absolute Gasteiger partial charge is 0.275 e. The molecule has 2 amide bonds. The molecule has 2 aliphatic rings. The molecular weight excluding hydrogens is 376 g/mol. The number of carbonyl (C=O) groups is 2. The summed E-state index contributed by atoms with van der Waals surface area (Å²) in [5, 5.41) is 9.99. The number of rotatable bonds is 5. The van der Waals surface area contributed by atoms with Gasteiger partial charge in [-0.3, -0.25) is 14.9 Å². The second kappa shape index (κ2) is 7.46. The van der Waals surface area contributed by atoms with Crippen LogP contribution in [-0.4, -0.2) is 30.0 Å². The van der Waals surface area contributed by atoms with E-state index in [4.69, 9.17) is 0 Å². The number of amides is 2. The standard InChI is InChI=1S/C24H24N4O2/c1-25-14-15-11-12-28-18-10-6-5-9-17(18)20(19(28)13-15)21-22(24(30)27-23(21)29)26-16-7-3-2-4-8-16/h2-10,15,25H,11-14H2,1H3,(H2,26,27,29,30). The predicted octanol–water partition coefficient (Wildman–Crippen LogP) is 2.90. The van der Waals surface area contributed by atoms with E-state index in [9.17, 15) is 9.59 Å². The van der Waals surface area contributed by atoms with Crippen LogP contribution < -0.4 is 16.0 Å². The highest BCUT2D eigenvalue weighted by Gasteiger charge is 2.36. The molecule has 5 rings (SSSR count). The molecule has 6 nitrogen and oxygen atoms in total. The van der Waals surface area contributed by atoms with Gasteiger partial charge < -0.3 is 15.2 Å². The van der Waals surface area contributed by atoms with Crippen molar-refractivity contribution < 1.29 is 9.59 Å². The topological polar surface area (TPSA) is 75.2 Å². The van der Waals surface area contributed by atoms with Crippen LogP contribution in [0.3, 0.4) is 0 Å². The molecule has 0 bridgehead atoms. The summed E-state index contributed by atoms with van der Waals surface area (Å²) in [4.78, 5) is 25.7. The Hall–Kier alpha value is -3.38. The number of nitrogens with one attached hydrogen (secondary N) is 3. The van der Waals surface area contributed by atoms with E-state index in [-0.39, 0.29) is 11.8 Å². The minimum Gasteiger partial charge on any atom is -0.350 e. The number of nitrogens with zero attached hydrogens (tertiary/aromatic N) is 1. The second-order valence-electron chi connectivity index (χ2n) is 7.93. The van der Waals surface area contributed by atoms with E-state index in [2.05, 4.69) is 26.6 Å². The van der Waals surface area contributed by atoms with Gasteiger partial charge in [0, 0.05) is 34.4 Å². The number of hydrogen-bond donors (Lipinski definition) is 3. The lowest BCUT2D eigenvalue weighted by Crippen LogP contribution is -2.28. The molecule has 3 aromatic rings. The Balaban J connectivity index is 1.72. The van der Waals surface area contributed by atoms with Crippen LogP contribution in [0, 0.1) is 5.92 Å². The molecule has 3 heterocycles. The molecule has 0 radical (unpaired) electrons. The summed E-state index contributed by atoms with van der Waals surface area (Å²) >= 11 is 0. The van der Waals surface area contributed by atoms with E-state index in [0.29, 0.717) is 17.2 Å². The van der Waals surface area contributed by atoms with Crippen molar-refractivity contribution in [3.05, 3.63) is 71.6 Å². The van der Waals surface area contributed by atoms with Gasteiger partial charge in [-0.2, -0.15) is 0 Å². The van der Waals surface area contributed by atoms with Crippen LogP contribution in [0.4, 0.5) is 5.69 Å². The van der Waals surface area contributed by atoms with Crippen LogP contribution in [0.15, 0.2) is 60.3 Å². The average molecular weight is 400 g/mol. The number of benzene rings is 2.